The molecule has 25 heavy (non-hydrogen) atoms. The Balaban J connectivity index is 1.63. The van der Waals surface area contributed by atoms with E-state index >= 15 is 0 Å². The van der Waals surface area contributed by atoms with Gasteiger partial charge in [-0.05, 0) is 24.8 Å². The van der Waals surface area contributed by atoms with Crippen molar-refractivity contribution in [3.8, 4) is 0 Å². The molecule has 4 N–H and O–H groups in total. The SMILES string of the molecule is OCCNc1nc(NCCc2ccccc2)nc(NC2CCCC2)n1. The van der Waals surface area contributed by atoms with Crippen LogP contribution in [0.5, 0.6) is 0 Å². The predicted molar refractivity (Wildman–Crippen MR) is 99.9 cm³/mol. The summed E-state index contributed by atoms with van der Waals surface area (Å²) in [6, 6.07) is 10.7. The second-order valence-electron chi connectivity index (χ2n) is 6.24. The molecular weight excluding hydrogens is 316 g/mol. The highest BCUT2D eigenvalue weighted by Gasteiger charge is 2.16. The van der Waals surface area contributed by atoms with E-state index < -0.39 is 0 Å². The lowest BCUT2D eigenvalue weighted by Gasteiger charge is -2.14. The molecule has 7 nitrogen and oxygen atoms in total. The second-order valence-corrected chi connectivity index (χ2v) is 6.24. The van der Waals surface area contributed by atoms with Gasteiger partial charge >= 0.3 is 0 Å². The third kappa shape index (κ3) is 5.56. The molecule has 0 saturated heterocycles. The Morgan fingerprint density at radius 1 is 0.880 bits per heavy atom. The summed E-state index contributed by atoms with van der Waals surface area (Å²) in [6.45, 7) is 1.19. The maximum Gasteiger partial charge on any atom is 0.229 e. The first-order valence-electron chi connectivity index (χ1n) is 8.98. The van der Waals surface area contributed by atoms with Crippen LogP contribution in [0, 0.1) is 0 Å². The van der Waals surface area contributed by atoms with Gasteiger partial charge in [0.2, 0.25) is 17.8 Å². The fourth-order valence-corrected chi connectivity index (χ4v) is 2.98. The van der Waals surface area contributed by atoms with Crippen molar-refractivity contribution in [2.24, 2.45) is 0 Å². The van der Waals surface area contributed by atoms with Crippen LogP contribution in [0.3, 0.4) is 0 Å². The highest BCUT2D eigenvalue weighted by Crippen LogP contribution is 2.21. The molecule has 1 aliphatic carbocycles. The normalized spacial score (nSPS) is 14.4. The Kier molecular flexibility index (Phi) is 6.39. The van der Waals surface area contributed by atoms with Crippen molar-refractivity contribution in [3.63, 3.8) is 0 Å². The number of nitrogens with one attached hydrogen (secondary N) is 3. The van der Waals surface area contributed by atoms with Crippen LogP contribution < -0.4 is 16.0 Å². The van der Waals surface area contributed by atoms with E-state index in [-0.39, 0.29) is 6.61 Å². The first-order valence-corrected chi connectivity index (χ1v) is 8.98. The van der Waals surface area contributed by atoms with Gasteiger partial charge in [0.15, 0.2) is 0 Å². The zero-order valence-electron chi connectivity index (χ0n) is 14.4. The van der Waals surface area contributed by atoms with Crippen LogP contribution in [0.15, 0.2) is 30.3 Å². The summed E-state index contributed by atoms with van der Waals surface area (Å²) in [5, 5.41) is 18.7. The fraction of sp³-hybridized carbons (Fsp3) is 0.500. The summed E-state index contributed by atoms with van der Waals surface area (Å²) >= 11 is 0. The molecule has 2 aromatic rings. The summed E-state index contributed by atoms with van der Waals surface area (Å²) in [6.07, 6.45) is 5.71. The van der Waals surface area contributed by atoms with Crippen LogP contribution in [0.4, 0.5) is 17.8 Å². The van der Waals surface area contributed by atoms with Crippen LogP contribution in [-0.4, -0.2) is 45.8 Å². The maximum absolute atomic E-state index is 9.00. The number of benzene rings is 1. The smallest absolute Gasteiger partial charge is 0.229 e. The Bertz CT molecular complexity index is 645. The lowest BCUT2D eigenvalue weighted by atomic mass is 10.1. The van der Waals surface area contributed by atoms with E-state index in [1.165, 1.54) is 18.4 Å². The Labute approximate surface area is 148 Å². The van der Waals surface area contributed by atoms with Gasteiger partial charge in [0.05, 0.1) is 6.61 Å². The number of anilines is 3. The number of aliphatic hydroxyl groups is 1. The van der Waals surface area contributed by atoms with Crippen molar-refractivity contribution < 1.29 is 5.11 Å². The molecule has 1 heterocycles. The van der Waals surface area contributed by atoms with Gasteiger partial charge in [0.1, 0.15) is 0 Å². The molecule has 1 fully saturated rings. The van der Waals surface area contributed by atoms with Gasteiger partial charge in [0, 0.05) is 19.1 Å². The lowest BCUT2D eigenvalue weighted by Crippen LogP contribution is -2.20. The third-order valence-electron chi connectivity index (χ3n) is 4.26. The summed E-state index contributed by atoms with van der Waals surface area (Å²) in [4.78, 5) is 13.3. The third-order valence-corrected chi connectivity index (χ3v) is 4.26. The van der Waals surface area contributed by atoms with Crippen LogP contribution in [0.2, 0.25) is 0 Å². The summed E-state index contributed by atoms with van der Waals surface area (Å²) < 4.78 is 0. The molecular formula is C18H26N6O. The van der Waals surface area contributed by atoms with Gasteiger partial charge < -0.3 is 21.1 Å². The molecule has 0 unspecified atom stereocenters. The lowest BCUT2D eigenvalue weighted by molar-refractivity contribution is 0.311. The minimum atomic E-state index is 0.0356. The molecule has 7 heteroatoms. The average Bonchev–Trinajstić information content (AvgIpc) is 3.14. The van der Waals surface area contributed by atoms with Crippen LogP contribution in [0.25, 0.3) is 0 Å². The molecule has 0 bridgehead atoms. The standard InChI is InChI=1S/C18H26N6O/c25-13-12-20-17-22-16(19-11-10-14-6-2-1-3-7-14)23-18(24-17)21-15-8-4-5-9-15/h1-3,6-7,15,25H,4-5,8-13H2,(H3,19,20,21,22,23,24). The molecule has 0 aliphatic heterocycles. The fourth-order valence-electron chi connectivity index (χ4n) is 2.98. The summed E-state index contributed by atoms with van der Waals surface area (Å²) in [7, 11) is 0. The van der Waals surface area contributed by atoms with Gasteiger partial charge in [-0.3, -0.25) is 0 Å². The van der Waals surface area contributed by atoms with E-state index in [0.29, 0.717) is 30.4 Å². The molecule has 1 aliphatic rings. The van der Waals surface area contributed by atoms with Crippen molar-refractivity contribution in [2.45, 2.75) is 38.1 Å². The molecule has 0 spiro atoms. The molecule has 134 valence electrons. The van der Waals surface area contributed by atoms with Crippen molar-refractivity contribution in [2.75, 3.05) is 35.6 Å². The Morgan fingerprint density at radius 2 is 1.52 bits per heavy atom. The quantitative estimate of drug-likeness (QED) is 0.555. The highest BCUT2D eigenvalue weighted by atomic mass is 16.3. The Morgan fingerprint density at radius 3 is 2.20 bits per heavy atom. The minimum absolute atomic E-state index is 0.0356. The van der Waals surface area contributed by atoms with Crippen LogP contribution in [-0.2, 0) is 6.42 Å². The number of hydrogen-bond acceptors (Lipinski definition) is 7. The Hall–Kier alpha value is -2.41. The summed E-state index contributed by atoms with van der Waals surface area (Å²) in [5.74, 6) is 1.61. The monoisotopic (exact) mass is 342 g/mol. The van der Waals surface area contributed by atoms with E-state index in [9.17, 15) is 0 Å². The van der Waals surface area contributed by atoms with Crippen molar-refractivity contribution in [1.82, 2.24) is 15.0 Å². The highest BCUT2D eigenvalue weighted by molar-refractivity contribution is 5.42. The number of aromatic nitrogens is 3. The van der Waals surface area contributed by atoms with E-state index in [1.54, 1.807) is 0 Å². The number of nitrogens with zero attached hydrogens (tertiary/aromatic N) is 3. The van der Waals surface area contributed by atoms with E-state index in [2.05, 4.69) is 43.0 Å². The molecule has 1 saturated carbocycles. The molecule has 3 rings (SSSR count). The van der Waals surface area contributed by atoms with E-state index in [1.807, 2.05) is 18.2 Å². The van der Waals surface area contributed by atoms with Gasteiger partial charge in [-0.25, -0.2) is 0 Å². The van der Waals surface area contributed by atoms with Crippen molar-refractivity contribution >= 4 is 17.8 Å². The molecule has 0 atom stereocenters. The topological polar surface area (TPSA) is 95.0 Å². The predicted octanol–water partition coefficient (Wildman–Crippen LogP) is 2.28. The number of aliphatic hydroxyl groups excluding tert-OH is 1. The van der Waals surface area contributed by atoms with Crippen LogP contribution >= 0.6 is 0 Å². The maximum atomic E-state index is 9.00. The van der Waals surface area contributed by atoms with Crippen molar-refractivity contribution in [1.29, 1.82) is 0 Å². The second kappa shape index (κ2) is 9.17. The minimum Gasteiger partial charge on any atom is -0.395 e. The first kappa shape index (κ1) is 17.4. The number of hydrogen-bond donors (Lipinski definition) is 4. The van der Waals surface area contributed by atoms with Gasteiger partial charge in [-0.15, -0.1) is 0 Å². The van der Waals surface area contributed by atoms with Crippen molar-refractivity contribution in [3.05, 3.63) is 35.9 Å². The van der Waals surface area contributed by atoms with E-state index in [4.69, 9.17) is 5.11 Å². The largest absolute Gasteiger partial charge is 0.395 e. The zero-order chi connectivity index (χ0) is 17.3. The van der Waals surface area contributed by atoms with Gasteiger partial charge in [-0.2, -0.15) is 15.0 Å². The van der Waals surface area contributed by atoms with Gasteiger partial charge in [-0.1, -0.05) is 43.2 Å². The zero-order valence-corrected chi connectivity index (χ0v) is 14.4. The average molecular weight is 342 g/mol. The molecule has 0 radical (unpaired) electrons. The van der Waals surface area contributed by atoms with Gasteiger partial charge in [0.25, 0.3) is 0 Å². The summed E-state index contributed by atoms with van der Waals surface area (Å²) in [5.41, 5.74) is 1.27. The number of rotatable bonds is 9. The molecule has 1 aromatic carbocycles. The van der Waals surface area contributed by atoms with E-state index in [0.717, 1.165) is 25.8 Å². The first-order chi connectivity index (χ1) is 12.3. The molecule has 0 amide bonds. The van der Waals surface area contributed by atoms with Crippen LogP contribution in [0.1, 0.15) is 31.2 Å². The molecule has 1 aromatic heterocycles.